The molecule has 0 aliphatic carbocycles. The van der Waals surface area contributed by atoms with Crippen LogP contribution in [0.25, 0.3) is 55.0 Å². The van der Waals surface area contributed by atoms with Crippen molar-refractivity contribution in [2.45, 2.75) is 0 Å². The quantitative estimate of drug-likeness (QED) is 0.218. The van der Waals surface area contributed by atoms with Gasteiger partial charge in [0.2, 0.25) is 0 Å². The van der Waals surface area contributed by atoms with Crippen LogP contribution in [0.4, 0.5) is 17.1 Å². The Balaban J connectivity index is 1.16. The van der Waals surface area contributed by atoms with Crippen LogP contribution in [0.1, 0.15) is 0 Å². The molecule has 1 aliphatic heterocycles. The second-order valence-electron chi connectivity index (χ2n) is 10.9. The van der Waals surface area contributed by atoms with E-state index in [1.807, 2.05) is 30.3 Å². The van der Waals surface area contributed by atoms with Crippen molar-refractivity contribution in [2.75, 3.05) is 4.90 Å². The van der Waals surface area contributed by atoms with Gasteiger partial charge in [-0.15, -0.1) is 0 Å². The summed E-state index contributed by atoms with van der Waals surface area (Å²) in [4.78, 5) is 2.28. The van der Waals surface area contributed by atoms with Crippen LogP contribution < -0.4 is 9.64 Å². The van der Waals surface area contributed by atoms with Crippen molar-refractivity contribution < 1.29 is 9.15 Å². The number of rotatable bonds is 4. The summed E-state index contributed by atoms with van der Waals surface area (Å²) in [5.74, 6) is 1.81. The number of hydrogen-bond acceptors (Lipinski definition) is 3. The molecule has 8 aromatic rings. The van der Waals surface area contributed by atoms with E-state index in [1.54, 1.807) is 0 Å². The maximum Gasteiger partial charge on any atom is 0.137 e. The highest BCUT2D eigenvalue weighted by atomic mass is 16.5. The predicted octanol–water partition coefficient (Wildman–Crippen LogP) is 11.6. The van der Waals surface area contributed by atoms with E-state index in [2.05, 4.69) is 126 Å². The Labute approximate surface area is 248 Å². The average molecular weight is 552 g/mol. The van der Waals surface area contributed by atoms with E-state index in [4.69, 9.17) is 9.15 Å². The zero-order valence-electron chi connectivity index (χ0n) is 23.2. The van der Waals surface area contributed by atoms with Crippen LogP contribution in [-0.2, 0) is 0 Å². The first-order chi connectivity index (χ1) is 21.3. The summed E-state index contributed by atoms with van der Waals surface area (Å²) < 4.78 is 12.6. The molecule has 3 heteroatoms. The molecular formula is C40H25NO2. The summed E-state index contributed by atoms with van der Waals surface area (Å²) in [6, 6.07) is 53.1. The lowest BCUT2D eigenvalue weighted by atomic mass is 9.90. The van der Waals surface area contributed by atoms with Gasteiger partial charge in [-0.2, -0.15) is 0 Å². The number of furan rings is 1. The molecule has 0 radical (unpaired) electrons. The molecule has 0 fully saturated rings. The van der Waals surface area contributed by atoms with Gasteiger partial charge in [-0.3, -0.25) is 0 Å². The molecular weight excluding hydrogens is 526 g/mol. The van der Waals surface area contributed by atoms with Gasteiger partial charge in [0.15, 0.2) is 0 Å². The molecule has 1 aromatic heterocycles. The summed E-state index contributed by atoms with van der Waals surface area (Å²) >= 11 is 0. The topological polar surface area (TPSA) is 25.6 Å². The molecule has 2 heterocycles. The Morgan fingerprint density at radius 2 is 1.09 bits per heavy atom. The van der Waals surface area contributed by atoms with Gasteiger partial charge in [0.1, 0.15) is 22.7 Å². The number of para-hydroxylation sites is 3. The first-order valence-corrected chi connectivity index (χ1v) is 14.5. The molecule has 0 N–H and O–H groups in total. The summed E-state index contributed by atoms with van der Waals surface area (Å²) in [6.07, 6.45) is 0. The Bertz CT molecular complexity index is 2320. The highest BCUT2D eigenvalue weighted by Crippen LogP contribution is 2.48. The van der Waals surface area contributed by atoms with E-state index >= 15 is 0 Å². The van der Waals surface area contributed by atoms with Gasteiger partial charge in [0, 0.05) is 44.9 Å². The van der Waals surface area contributed by atoms with Crippen LogP contribution >= 0.6 is 0 Å². The lowest BCUT2D eigenvalue weighted by molar-refractivity contribution is 0.487. The highest BCUT2D eigenvalue weighted by Gasteiger charge is 2.21. The first-order valence-electron chi connectivity index (χ1n) is 14.5. The van der Waals surface area contributed by atoms with E-state index < -0.39 is 0 Å². The molecule has 7 aromatic carbocycles. The fraction of sp³-hybridized carbons (Fsp3) is 0. The third kappa shape index (κ3) is 3.75. The van der Waals surface area contributed by atoms with Crippen LogP contribution in [0.2, 0.25) is 0 Å². The summed E-state index contributed by atoms with van der Waals surface area (Å²) in [5.41, 5.74) is 9.68. The van der Waals surface area contributed by atoms with E-state index in [9.17, 15) is 0 Å². The maximum atomic E-state index is 6.32. The van der Waals surface area contributed by atoms with Crippen LogP contribution in [-0.4, -0.2) is 0 Å². The number of fused-ring (bicyclic) bond motifs is 5. The minimum Gasteiger partial charge on any atom is -0.456 e. The molecule has 202 valence electrons. The molecule has 0 spiro atoms. The summed E-state index contributed by atoms with van der Waals surface area (Å²) in [6.45, 7) is 0. The van der Waals surface area contributed by atoms with Crippen molar-refractivity contribution in [1.82, 2.24) is 0 Å². The third-order valence-electron chi connectivity index (χ3n) is 8.47. The lowest BCUT2D eigenvalue weighted by Crippen LogP contribution is -2.09. The minimum atomic E-state index is 0.879. The predicted molar refractivity (Wildman–Crippen MR) is 177 cm³/mol. The Kier molecular flexibility index (Phi) is 5.20. The zero-order valence-corrected chi connectivity index (χ0v) is 23.2. The van der Waals surface area contributed by atoms with Crippen molar-refractivity contribution in [3.8, 4) is 33.8 Å². The van der Waals surface area contributed by atoms with Crippen molar-refractivity contribution >= 4 is 49.8 Å². The smallest absolute Gasteiger partial charge is 0.137 e. The monoisotopic (exact) mass is 551 g/mol. The van der Waals surface area contributed by atoms with Gasteiger partial charge >= 0.3 is 0 Å². The van der Waals surface area contributed by atoms with Gasteiger partial charge in [-0.1, -0.05) is 91.0 Å². The van der Waals surface area contributed by atoms with Crippen molar-refractivity contribution in [3.63, 3.8) is 0 Å². The second kappa shape index (κ2) is 9.37. The minimum absolute atomic E-state index is 0.879. The molecule has 9 rings (SSSR count). The van der Waals surface area contributed by atoms with Gasteiger partial charge in [0.25, 0.3) is 0 Å². The summed E-state index contributed by atoms with van der Waals surface area (Å²) in [7, 11) is 0. The highest BCUT2D eigenvalue weighted by molar-refractivity contribution is 6.10. The fourth-order valence-corrected chi connectivity index (χ4v) is 6.50. The lowest BCUT2D eigenvalue weighted by Gasteiger charge is -2.26. The Morgan fingerprint density at radius 3 is 2.00 bits per heavy atom. The van der Waals surface area contributed by atoms with Gasteiger partial charge in [0.05, 0.1) is 0 Å². The number of anilines is 3. The molecule has 1 aliphatic rings. The number of hydrogen-bond donors (Lipinski definition) is 0. The average Bonchev–Trinajstić information content (AvgIpc) is 3.44. The Morgan fingerprint density at radius 1 is 0.395 bits per heavy atom. The van der Waals surface area contributed by atoms with E-state index in [0.717, 1.165) is 67.0 Å². The second-order valence-corrected chi connectivity index (χ2v) is 10.9. The van der Waals surface area contributed by atoms with Crippen molar-refractivity contribution in [2.24, 2.45) is 0 Å². The number of nitrogens with zero attached hydrogens (tertiary/aromatic N) is 1. The number of benzene rings is 7. The van der Waals surface area contributed by atoms with E-state index in [-0.39, 0.29) is 0 Å². The molecule has 0 atom stereocenters. The van der Waals surface area contributed by atoms with Crippen molar-refractivity contribution in [1.29, 1.82) is 0 Å². The maximum absolute atomic E-state index is 6.32. The standard InChI is InChI=1S/C40H25NO2/c1-2-9-27(10-3-1)41(29-21-22-33-31-11-4-6-15-36(31)43-39(33)25-29)28-19-17-26(18-20-28)30-23-24-38-40-34(30)13-8-14-35(40)32-12-5-7-16-37(32)42-38/h1-25H. The SMILES string of the molecule is c1ccc(N(c2ccc(-c3ccc4c5c(cccc35)-c3ccccc3O4)cc2)c2ccc3c(c2)oc2ccccc23)cc1. The molecule has 3 nitrogen and oxygen atoms in total. The van der Waals surface area contributed by atoms with Crippen LogP contribution in [0.3, 0.4) is 0 Å². The number of ether oxygens (including phenoxy) is 1. The molecule has 43 heavy (non-hydrogen) atoms. The van der Waals surface area contributed by atoms with E-state index in [1.165, 1.54) is 16.5 Å². The largest absolute Gasteiger partial charge is 0.456 e. The van der Waals surface area contributed by atoms with Gasteiger partial charge < -0.3 is 14.1 Å². The first kappa shape index (κ1) is 23.9. The molecule has 0 saturated heterocycles. The van der Waals surface area contributed by atoms with Crippen LogP contribution in [0, 0.1) is 0 Å². The van der Waals surface area contributed by atoms with Crippen LogP contribution in [0.5, 0.6) is 11.5 Å². The molecule has 0 saturated carbocycles. The fourth-order valence-electron chi connectivity index (χ4n) is 6.50. The molecule has 0 unspecified atom stereocenters. The van der Waals surface area contributed by atoms with Crippen LogP contribution in [0.15, 0.2) is 156 Å². The third-order valence-corrected chi connectivity index (χ3v) is 8.47. The zero-order chi connectivity index (χ0) is 28.3. The Hall–Kier alpha value is -5.80. The summed E-state index contributed by atoms with van der Waals surface area (Å²) in [5, 5.41) is 4.60. The normalized spacial score (nSPS) is 11.9. The molecule has 0 amide bonds. The molecule has 0 bridgehead atoms. The van der Waals surface area contributed by atoms with Crippen molar-refractivity contribution in [3.05, 3.63) is 152 Å². The van der Waals surface area contributed by atoms with Gasteiger partial charge in [-0.25, -0.2) is 0 Å². The van der Waals surface area contributed by atoms with Gasteiger partial charge in [-0.05, 0) is 76.7 Å². The van der Waals surface area contributed by atoms with E-state index in [0.29, 0.717) is 0 Å².